The van der Waals surface area contributed by atoms with Gasteiger partial charge < -0.3 is 10.1 Å². The number of carbonyl (C=O) groups excluding carboxylic acids is 1. The van der Waals surface area contributed by atoms with Crippen LogP contribution in [0.5, 0.6) is 5.75 Å². The fourth-order valence-electron chi connectivity index (χ4n) is 2.22. The average Bonchev–Trinajstić information content (AvgIpc) is 2.85. The monoisotopic (exact) mass is 341 g/mol. The van der Waals surface area contributed by atoms with Crippen molar-refractivity contribution >= 4 is 40.3 Å². The number of thioether (sulfide) groups is 1. The summed E-state index contributed by atoms with van der Waals surface area (Å²) in [7, 11) is 0. The first-order valence-electron chi connectivity index (χ1n) is 7.14. The Morgan fingerprint density at radius 3 is 2.65 bits per heavy atom. The van der Waals surface area contributed by atoms with Crippen LogP contribution in [0, 0.1) is 6.92 Å². The van der Waals surface area contributed by atoms with Gasteiger partial charge in [0, 0.05) is 5.56 Å². The minimum atomic E-state index is -0.159. The first-order chi connectivity index (χ1) is 11.1. The lowest BCUT2D eigenvalue weighted by molar-refractivity contribution is -0.115. The molecule has 3 nitrogen and oxygen atoms in total. The number of benzene rings is 2. The number of ether oxygens (including phenoxy) is 1. The number of hydrogen-bond donors (Lipinski definition) is 1. The summed E-state index contributed by atoms with van der Waals surface area (Å²) in [4.78, 5) is 12.4. The zero-order chi connectivity index (χ0) is 16.2. The van der Waals surface area contributed by atoms with E-state index < -0.39 is 0 Å². The van der Waals surface area contributed by atoms with Crippen LogP contribution >= 0.6 is 24.0 Å². The van der Waals surface area contributed by atoms with Crippen LogP contribution in [0.4, 0.5) is 0 Å². The quantitative estimate of drug-likeness (QED) is 0.672. The molecule has 23 heavy (non-hydrogen) atoms. The van der Waals surface area contributed by atoms with E-state index in [-0.39, 0.29) is 5.91 Å². The number of rotatable bonds is 4. The Balaban J connectivity index is 1.81. The highest BCUT2D eigenvalue weighted by atomic mass is 32.2. The molecule has 116 valence electrons. The lowest BCUT2D eigenvalue weighted by Crippen LogP contribution is -2.17. The van der Waals surface area contributed by atoms with E-state index in [1.807, 2.05) is 42.5 Å². The van der Waals surface area contributed by atoms with Crippen molar-refractivity contribution < 1.29 is 9.53 Å². The van der Waals surface area contributed by atoms with Gasteiger partial charge >= 0.3 is 0 Å². The van der Waals surface area contributed by atoms with Gasteiger partial charge in [0.15, 0.2) is 0 Å². The molecule has 0 aromatic heterocycles. The van der Waals surface area contributed by atoms with Crippen LogP contribution in [0.25, 0.3) is 6.08 Å². The third kappa shape index (κ3) is 3.81. The zero-order valence-electron chi connectivity index (χ0n) is 12.5. The molecule has 5 heteroatoms. The Morgan fingerprint density at radius 1 is 1.17 bits per heavy atom. The van der Waals surface area contributed by atoms with Crippen molar-refractivity contribution in [2.45, 2.75) is 13.5 Å². The van der Waals surface area contributed by atoms with E-state index in [1.165, 1.54) is 17.3 Å². The number of hydrogen-bond acceptors (Lipinski definition) is 4. The van der Waals surface area contributed by atoms with Crippen LogP contribution in [0.15, 0.2) is 53.4 Å². The molecule has 1 aliphatic heterocycles. The zero-order valence-corrected chi connectivity index (χ0v) is 14.2. The fourth-order valence-corrected chi connectivity index (χ4v) is 3.26. The van der Waals surface area contributed by atoms with Crippen LogP contribution in [0.3, 0.4) is 0 Å². The van der Waals surface area contributed by atoms with Gasteiger partial charge in [-0.3, -0.25) is 4.79 Å². The van der Waals surface area contributed by atoms with Crippen LogP contribution in [0.1, 0.15) is 16.7 Å². The second-order valence-electron chi connectivity index (χ2n) is 5.11. The van der Waals surface area contributed by atoms with E-state index in [9.17, 15) is 4.79 Å². The Morgan fingerprint density at radius 2 is 1.91 bits per heavy atom. The molecule has 1 aliphatic rings. The van der Waals surface area contributed by atoms with E-state index in [4.69, 9.17) is 17.0 Å². The van der Waals surface area contributed by atoms with E-state index in [1.54, 1.807) is 0 Å². The maximum atomic E-state index is 11.8. The second kappa shape index (κ2) is 6.98. The minimum absolute atomic E-state index is 0.159. The van der Waals surface area contributed by atoms with Crippen molar-refractivity contribution in [1.29, 1.82) is 0 Å². The van der Waals surface area contributed by atoms with Gasteiger partial charge in [-0.25, -0.2) is 0 Å². The molecule has 1 saturated heterocycles. The largest absolute Gasteiger partial charge is 0.488 e. The highest BCUT2D eigenvalue weighted by Crippen LogP contribution is 2.29. The Hall–Kier alpha value is -2.11. The lowest BCUT2D eigenvalue weighted by atomic mass is 10.1. The van der Waals surface area contributed by atoms with Gasteiger partial charge in [-0.05, 0) is 30.2 Å². The summed E-state index contributed by atoms with van der Waals surface area (Å²) in [5.41, 5.74) is 3.20. The predicted octanol–water partition coefficient (Wildman–Crippen LogP) is 4.06. The minimum Gasteiger partial charge on any atom is -0.488 e. The molecular formula is C18H15NO2S2. The van der Waals surface area contributed by atoms with Gasteiger partial charge in [0.05, 0.1) is 4.91 Å². The van der Waals surface area contributed by atoms with Gasteiger partial charge in [0.1, 0.15) is 16.7 Å². The highest BCUT2D eigenvalue weighted by Gasteiger charge is 2.22. The smallest absolute Gasteiger partial charge is 0.263 e. The molecule has 0 atom stereocenters. The number of para-hydroxylation sites is 1. The maximum Gasteiger partial charge on any atom is 0.263 e. The summed E-state index contributed by atoms with van der Waals surface area (Å²) in [5, 5.41) is 2.62. The second-order valence-corrected chi connectivity index (χ2v) is 6.82. The Kier molecular flexibility index (Phi) is 4.79. The van der Waals surface area contributed by atoms with Crippen molar-refractivity contribution in [3.63, 3.8) is 0 Å². The van der Waals surface area contributed by atoms with Crippen LogP contribution in [-0.2, 0) is 11.4 Å². The summed E-state index contributed by atoms with van der Waals surface area (Å²) in [6.07, 6.45) is 1.81. The number of carbonyl (C=O) groups is 1. The topological polar surface area (TPSA) is 38.3 Å². The van der Waals surface area contributed by atoms with Gasteiger partial charge in [-0.1, -0.05) is 66.4 Å². The predicted molar refractivity (Wildman–Crippen MR) is 98.3 cm³/mol. The standard InChI is InChI=1S/C18H15NO2S2/c1-12-6-2-3-8-14(12)11-21-15-9-5-4-7-13(15)10-16-17(20)19-18(22)23-16/h2-10H,11H2,1H3,(H,19,20,22). The summed E-state index contributed by atoms with van der Waals surface area (Å²) >= 11 is 6.28. The summed E-state index contributed by atoms with van der Waals surface area (Å²) < 4.78 is 6.44. The number of nitrogens with one attached hydrogen (secondary N) is 1. The fraction of sp³-hybridized carbons (Fsp3) is 0.111. The molecule has 1 fully saturated rings. The first-order valence-corrected chi connectivity index (χ1v) is 8.37. The highest BCUT2D eigenvalue weighted by molar-refractivity contribution is 8.26. The Labute approximate surface area is 144 Å². The molecule has 2 aromatic rings. The van der Waals surface area contributed by atoms with Gasteiger partial charge in [-0.15, -0.1) is 0 Å². The third-order valence-corrected chi connectivity index (χ3v) is 4.65. The average molecular weight is 341 g/mol. The van der Waals surface area contributed by atoms with Crippen molar-refractivity contribution in [1.82, 2.24) is 5.32 Å². The van der Waals surface area contributed by atoms with Crippen molar-refractivity contribution in [2.75, 3.05) is 0 Å². The van der Waals surface area contributed by atoms with Crippen LogP contribution < -0.4 is 10.1 Å². The molecule has 1 amide bonds. The number of aryl methyl sites for hydroxylation is 1. The third-order valence-electron chi connectivity index (χ3n) is 3.49. The maximum absolute atomic E-state index is 11.8. The lowest BCUT2D eigenvalue weighted by Gasteiger charge is -2.11. The molecule has 0 aliphatic carbocycles. The van der Waals surface area contributed by atoms with Gasteiger partial charge in [0.25, 0.3) is 5.91 Å². The molecule has 2 aromatic carbocycles. The normalized spacial score (nSPS) is 15.8. The van der Waals surface area contributed by atoms with Gasteiger partial charge in [0.2, 0.25) is 0 Å². The van der Waals surface area contributed by atoms with E-state index >= 15 is 0 Å². The van der Waals surface area contributed by atoms with Crippen LogP contribution in [-0.4, -0.2) is 10.2 Å². The van der Waals surface area contributed by atoms with Gasteiger partial charge in [-0.2, -0.15) is 0 Å². The molecule has 0 spiro atoms. The van der Waals surface area contributed by atoms with Crippen molar-refractivity contribution in [3.05, 3.63) is 70.1 Å². The molecule has 3 rings (SSSR count). The first kappa shape index (κ1) is 15.8. The van der Waals surface area contributed by atoms with Crippen molar-refractivity contribution in [3.8, 4) is 5.75 Å². The van der Waals surface area contributed by atoms with Crippen molar-refractivity contribution in [2.24, 2.45) is 0 Å². The summed E-state index contributed by atoms with van der Waals surface area (Å²) in [5.74, 6) is 0.586. The van der Waals surface area contributed by atoms with E-state index in [2.05, 4.69) is 24.4 Å². The summed E-state index contributed by atoms with van der Waals surface area (Å²) in [6, 6.07) is 15.8. The van der Waals surface area contributed by atoms with E-state index in [0.717, 1.165) is 16.9 Å². The number of amides is 1. The molecule has 1 heterocycles. The molecule has 1 N–H and O–H groups in total. The molecular weight excluding hydrogens is 326 g/mol. The molecule has 0 saturated carbocycles. The molecule has 0 bridgehead atoms. The number of thiocarbonyl (C=S) groups is 1. The van der Waals surface area contributed by atoms with Crippen LogP contribution in [0.2, 0.25) is 0 Å². The molecule has 0 radical (unpaired) electrons. The Bertz CT molecular complexity index is 799. The van der Waals surface area contributed by atoms with E-state index in [0.29, 0.717) is 15.8 Å². The SMILES string of the molecule is Cc1ccccc1COc1ccccc1C=C1SC(=S)NC1=O. The molecule has 0 unspecified atom stereocenters. The summed E-state index contributed by atoms with van der Waals surface area (Å²) in [6.45, 7) is 2.55.